The fourth-order valence-corrected chi connectivity index (χ4v) is 0.493. The van der Waals surface area contributed by atoms with Crippen LogP contribution in [-0.4, -0.2) is 23.6 Å². The van der Waals surface area contributed by atoms with Crippen LogP contribution in [0.15, 0.2) is 12.7 Å². The van der Waals surface area contributed by atoms with Crippen molar-refractivity contribution in [2.24, 2.45) is 0 Å². The molecule has 1 aliphatic heterocycles. The lowest BCUT2D eigenvalue weighted by atomic mass is 10.6. The van der Waals surface area contributed by atoms with E-state index in [1.807, 2.05) is 6.92 Å². The molecule has 0 saturated carbocycles. The molecule has 1 heterocycles. The van der Waals surface area contributed by atoms with E-state index in [1.165, 1.54) is 0 Å². The second-order valence-corrected chi connectivity index (χ2v) is 2.06. The first-order valence-corrected chi connectivity index (χ1v) is 2.85. The molecular weight excluding hydrogens is 118 g/mol. The van der Waals surface area contributed by atoms with Gasteiger partial charge in [-0.15, -0.1) is 5.06 Å². The largest absolute Gasteiger partial charge is 0.364 e. The molecule has 3 nitrogen and oxygen atoms in total. The van der Waals surface area contributed by atoms with Gasteiger partial charge < -0.3 is 4.84 Å². The molecule has 0 spiro atoms. The van der Waals surface area contributed by atoms with Crippen LogP contribution in [-0.2, 0) is 9.63 Å². The SMILES string of the molecule is C=CC(=O)ON1CC1C. The number of hydrogen-bond donors (Lipinski definition) is 0. The van der Waals surface area contributed by atoms with E-state index in [1.54, 1.807) is 5.06 Å². The third kappa shape index (κ3) is 1.54. The van der Waals surface area contributed by atoms with Crippen molar-refractivity contribution < 1.29 is 9.63 Å². The summed E-state index contributed by atoms with van der Waals surface area (Å²) in [4.78, 5) is 15.1. The summed E-state index contributed by atoms with van der Waals surface area (Å²) in [5.74, 6) is -0.376. The number of hydroxylamine groups is 2. The Kier molecular flexibility index (Phi) is 1.53. The van der Waals surface area contributed by atoms with Gasteiger partial charge in [-0.05, 0) is 6.92 Å². The average Bonchev–Trinajstić information content (AvgIpc) is 2.47. The van der Waals surface area contributed by atoms with E-state index < -0.39 is 0 Å². The van der Waals surface area contributed by atoms with Gasteiger partial charge in [0.1, 0.15) is 0 Å². The standard InChI is InChI=1S/C6H9NO2/c1-3-6(8)9-7-4-5(7)2/h3,5H,1,4H2,2H3. The number of nitrogens with zero attached hydrogens (tertiary/aromatic N) is 1. The highest BCUT2D eigenvalue weighted by Gasteiger charge is 2.32. The Balaban J connectivity index is 2.19. The van der Waals surface area contributed by atoms with Crippen LogP contribution < -0.4 is 0 Å². The van der Waals surface area contributed by atoms with E-state index in [9.17, 15) is 4.79 Å². The molecule has 3 heteroatoms. The minimum atomic E-state index is -0.376. The lowest BCUT2D eigenvalue weighted by molar-refractivity contribution is -0.161. The third-order valence-corrected chi connectivity index (χ3v) is 1.18. The summed E-state index contributed by atoms with van der Waals surface area (Å²) < 4.78 is 0. The highest BCUT2D eigenvalue weighted by molar-refractivity contribution is 5.81. The van der Waals surface area contributed by atoms with Gasteiger partial charge >= 0.3 is 5.97 Å². The van der Waals surface area contributed by atoms with Gasteiger partial charge in [-0.3, -0.25) is 0 Å². The zero-order valence-corrected chi connectivity index (χ0v) is 5.33. The van der Waals surface area contributed by atoms with Crippen molar-refractivity contribution in [1.29, 1.82) is 0 Å². The summed E-state index contributed by atoms with van der Waals surface area (Å²) in [5, 5.41) is 1.60. The van der Waals surface area contributed by atoms with Crippen LogP contribution in [0.25, 0.3) is 0 Å². The minimum absolute atomic E-state index is 0.376. The number of rotatable bonds is 2. The van der Waals surface area contributed by atoms with Gasteiger partial charge in [0.25, 0.3) is 0 Å². The van der Waals surface area contributed by atoms with E-state index in [-0.39, 0.29) is 5.97 Å². The molecule has 1 rings (SSSR count). The Morgan fingerprint density at radius 3 is 2.89 bits per heavy atom. The molecule has 1 saturated heterocycles. The molecule has 0 N–H and O–H groups in total. The molecule has 9 heavy (non-hydrogen) atoms. The van der Waals surface area contributed by atoms with E-state index in [0.717, 1.165) is 12.6 Å². The van der Waals surface area contributed by atoms with Gasteiger partial charge in [-0.2, -0.15) is 0 Å². The molecule has 2 unspecified atom stereocenters. The van der Waals surface area contributed by atoms with E-state index in [4.69, 9.17) is 4.84 Å². The average molecular weight is 127 g/mol. The zero-order chi connectivity index (χ0) is 6.85. The normalized spacial score (nSPS) is 31.2. The number of hydrogen-bond acceptors (Lipinski definition) is 3. The van der Waals surface area contributed by atoms with Crippen molar-refractivity contribution in [2.45, 2.75) is 13.0 Å². The number of carbonyl (C=O) groups is 1. The molecule has 0 amide bonds. The molecule has 0 aromatic heterocycles. The van der Waals surface area contributed by atoms with Crippen molar-refractivity contribution >= 4 is 5.97 Å². The zero-order valence-electron chi connectivity index (χ0n) is 5.33. The van der Waals surface area contributed by atoms with Gasteiger partial charge in [0.2, 0.25) is 0 Å². The Morgan fingerprint density at radius 2 is 2.56 bits per heavy atom. The van der Waals surface area contributed by atoms with E-state index >= 15 is 0 Å². The Hall–Kier alpha value is -0.830. The van der Waals surface area contributed by atoms with Crippen LogP contribution >= 0.6 is 0 Å². The first-order valence-electron chi connectivity index (χ1n) is 2.85. The van der Waals surface area contributed by atoms with Gasteiger partial charge in [-0.25, -0.2) is 4.79 Å². The smallest absolute Gasteiger partial charge is 0.349 e. The van der Waals surface area contributed by atoms with Crippen molar-refractivity contribution in [3.05, 3.63) is 12.7 Å². The maximum Gasteiger partial charge on any atom is 0.349 e. The minimum Gasteiger partial charge on any atom is -0.364 e. The second-order valence-electron chi connectivity index (χ2n) is 2.06. The summed E-state index contributed by atoms with van der Waals surface area (Å²) in [6.07, 6.45) is 1.16. The summed E-state index contributed by atoms with van der Waals surface area (Å²) in [5.41, 5.74) is 0. The molecule has 2 atom stereocenters. The van der Waals surface area contributed by atoms with Gasteiger partial charge in [0.05, 0.1) is 12.6 Å². The highest BCUT2D eigenvalue weighted by atomic mass is 16.7. The van der Waals surface area contributed by atoms with Crippen molar-refractivity contribution in [3.63, 3.8) is 0 Å². The topological polar surface area (TPSA) is 29.3 Å². The molecule has 0 radical (unpaired) electrons. The van der Waals surface area contributed by atoms with Crippen LogP contribution in [0, 0.1) is 0 Å². The molecule has 1 aliphatic rings. The fraction of sp³-hybridized carbons (Fsp3) is 0.500. The van der Waals surface area contributed by atoms with Crippen LogP contribution in [0.1, 0.15) is 6.92 Å². The maximum absolute atomic E-state index is 10.4. The van der Waals surface area contributed by atoms with E-state index in [0.29, 0.717) is 6.04 Å². The van der Waals surface area contributed by atoms with Crippen molar-refractivity contribution in [3.8, 4) is 0 Å². The second kappa shape index (κ2) is 2.19. The number of carbonyl (C=O) groups excluding carboxylic acids is 1. The Bertz CT molecular complexity index is 144. The predicted molar refractivity (Wildman–Crippen MR) is 32.5 cm³/mol. The molecule has 0 aromatic rings. The van der Waals surface area contributed by atoms with Crippen LogP contribution in [0.2, 0.25) is 0 Å². The summed E-state index contributed by atoms with van der Waals surface area (Å²) in [6, 6.07) is 0.397. The molecule has 50 valence electrons. The summed E-state index contributed by atoms with van der Waals surface area (Å²) in [7, 11) is 0. The highest BCUT2D eigenvalue weighted by Crippen LogP contribution is 2.15. The van der Waals surface area contributed by atoms with Crippen LogP contribution in [0.3, 0.4) is 0 Å². The quantitative estimate of drug-likeness (QED) is 0.395. The maximum atomic E-state index is 10.4. The molecule has 0 bridgehead atoms. The van der Waals surface area contributed by atoms with Gasteiger partial charge in [-0.1, -0.05) is 6.58 Å². The predicted octanol–water partition coefficient (Wildman–Crippen LogP) is 0.335. The van der Waals surface area contributed by atoms with Crippen LogP contribution in [0.4, 0.5) is 0 Å². The van der Waals surface area contributed by atoms with E-state index in [2.05, 4.69) is 6.58 Å². The summed E-state index contributed by atoms with van der Waals surface area (Å²) >= 11 is 0. The van der Waals surface area contributed by atoms with Crippen molar-refractivity contribution in [1.82, 2.24) is 5.06 Å². The monoisotopic (exact) mass is 127 g/mol. The molecular formula is C6H9NO2. The Morgan fingerprint density at radius 1 is 2.00 bits per heavy atom. The van der Waals surface area contributed by atoms with Crippen molar-refractivity contribution in [2.75, 3.05) is 6.54 Å². The lowest BCUT2D eigenvalue weighted by Crippen LogP contribution is -2.07. The Labute approximate surface area is 53.9 Å². The first-order chi connectivity index (χ1) is 4.24. The summed E-state index contributed by atoms with van der Waals surface area (Å²) in [6.45, 7) is 6.09. The van der Waals surface area contributed by atoms with Gasteiger partial charge in [0, 0.05) is 6.08 Å². The first kappa shape index (κ1) is 6.29. The van der Waals surface area contributed by atoms with Crippen LogP contribution in [0.5, 0.6) is 0 Å². The van der Waals surface area contributed by atoms with Gasteiger partial charge in [0.15, 0.2) is 0 Å². The molecule has 0 aromatic carbocycles. The lowest BCUT2D eigenvalue weighted by Gasteiger charge is -1.97. The molecule has 0 aliphatic carbocycles. The third-order valence-electron chi connectivity index (χ3n) is 1.18. The fourth-order valence-electron chi connectivity index (χ4n) is 0.493. The molecule has 1 fully saturated rings.